The molecule has 0 fully saturated rings. The predicted octanol–water partition coefficient (Wildman–Crippen LogP) is 18.0. The molecule has 0 spiro atoms. The molecule has 4 heteroatoms. The SMILES string of the molecule is Cc1cccc(N(c2ccc(NN(c3ccc(N(c4cccc(C)c4)c4cccc(C)c4)cc3)c3ccc(-c4ccccc4)c(-c4ccccc4)c3-c3ccccc3)cc2)c2cccc(C)c2)c1. The Labute approximate surface area is 401 Å². The fourth-order valence-corrected chi connectivity index (χ4v) is 9.23. The van der Waals surface area contributed by atoms with Gasteiger partial charge in [-0.3, -0.25) is 10.4 Å². The maximum Gasteiger partial charge on any atom is 0.0715 e. The molecule has 0 aromatic heterocycles. The minimum Gasteiger partial charge on any atom is -0.310 e. The number of nitrogens with zero attached hydrogens (tertiary/aromatic N) is 3. The van der Waals surface area contributed by atoms with Crippen LogP contribution >= 0.6 is 0 Å². The second kappa shape index (κ2) is 19.5. The van der Waals surface area contributed by atoms with Crippen molar-refractivity contribution in [2.45, 2.75) is 27.7 Å². The van der Waals surface area contributed by atoms with Gasteiger partial charge in [-0.25, -0.2) is 0 Å². The molecule has 0 aliphatic heterocycles. The normalized spacial score (nSPS) is 10.9. The van der Waals surface area contributed by atoms with Gasteiger partial charge in [0.25, 0.3) is 0 Å². The third-order valence-electron chi connectivity index (χ3n) is 12.4. The summed E-state index contributed by atoms with van der Waals surface area (Å²) in [4.78, 5) is 4.67. The van der Waals surface area contributed by atoms with Gasteiger partial charge in [-0.05, 0) is 181 Å². The van der Waals surface area contributed by atoms with Crippen LogP contribution in [0.4, 0.5) is 51.2 Å². The van der Waals surface area contributed by atoms with Gasteiger partial charge >= 0.3 is 0 Å². The Morgan fingerprint density at radius 3 is 1.06 bits per heavy atom. The Morgan fingerprint density at radius 1 is 0.279 bits per heavy atom. The number of aryl methyl sites for hydroxylation is 4. The van der Waals surface area contributed by atoms with Crippen LogP contribution in [-0.2, 0) is 0 Å². The highest BCUT2D eigenvalue weighted by molar-refractivity contribution is 6.02. The molecular formula is C64H54N4. The molecule has 4 nitrogen and oxygen atoms in total. The fraction of sp³-hybridized carbons (Fsp3) is 0.0625. The van der Waals surface area contributed by atoms with Crippen LogP contribution in [0.5, 0.6) is 0 Å². The summed E-state index contributed by atoms with van der Waals surface area (Å²) in [5.41, 5.74) is 25.2. The molecule has 0 heterocycles. The Balaban J connectivity index is 1.15. The van der Waals surface area contributed by atoms with E-state index in [2.05, 4.69) is 297 Å². The van der Waals surface area contributed by atoms with Crippen LogP contribution in [0.3, 0.4) is 0 Å². The second-order valence-electron chi connectivity index (χ2n) is 17.5. The van der Waals surface area contributed by atoms with Crippen molar-refractivity contribution < 1.29 is 0 Å². The van der Waals surface area contributed by atoms with Crippen LogP contribution in [0.2, 0.25) is 0 Å². The van der Waals surface area contributed by atoms with E-state index in [4.69, 9.17) is 0 Å². The maximum atomic E-state index is 3.95. The first-order valence-electron chi connectivity index (χ1n) is 23.3. The first-order valence-corrected chi connectivity index (χ1v) is 23.3. The van der Waals surface area contributed by atoms with Gasteiger partial charge in [-0.1, -0.05) is 146 Å². The first kappa shape index (κ1) is 43.3. The van der Waals surface area contributed by atoms with Gasteiger partial charge in [0, 0.05) is 39.7 Å². The lowest BCUT2D eigenvalue weighted by Gasteiger charge is -2.32. The molecule has 10 rings (SSSR count). The van der Waals surface area contributed by atoms with Crippen LogP contribution in [0, 0.1) is 27.7 Å². The molecule has 0 amide bonds. The van der Waals surface area contributed by atoms with Gasteiger partial charge in [0.05, 0.1) is 17.1 Å². The number of hydrogen-bond acceptors (Lipinski definition) is 4. The van der Waals surface area contributed by atoms with E-state index in [0.717, 1.165) is 79.0 Å². The van der Waals surface area contributed by atoms with Crippen LogP contribution in [0.25, 0.3) is 33.4 Å². The molecule has 0 atom stereocenters. The lowest BCUT2D eigenvalue weighted by atomic mass is 9.86. The highest BCUT2D eigenvalue weighted by Crippen LogP contribution is 2.48. The predicted molar refractivity (Wildman–Crippen MR) is 290 cm³/mol. The van der Waals surface area contributed by atoms with Crippen molar-refractivity contribution in [1.82, 2.24) is 0 Å². The van der Waals surface area contributed by atoms with Gasteiger partial charge < -0.3 is 9.80 Å². The zero-order valence-electron chi connectivity index (χ0n) is 39.0. The van der Waals surface area contributed by atoms with Crippen LogP contribution in [0.1, 0.15) is 22.3 Å². The first-order chi connectivity index (χ1) is 33.4. The van der Waals surface area contributed by atoms with Gasteiger partial charge in [-0.15, -0.1) is 0 Å². The number of benzene rings is 10. The summed E-state index contributed by atoms with van der Waals surface area (Å²) in [6.45, 7) is 8.59. The minimum atomic E-state index is 0.944. The average Bonchev–Trinajstić information content (AvgIpc) is 3.37. The lowest BCUT2D eigenvalue weighted by molar-refractivity contribution is 1.16. The number of anilines is 9. The molecular weight excluding hydrogens is 825 g/mol. The van der Waals surface area contributed by atoms with Crippen molar-refractivity contribution >= 4 is 51.2 Å². The maximum absolute atomic E-state index is 3.95. The molecule has 10 aromatic carbocycles. The van der Waals surface area contributed by atoms with E-state index in [1.54, 1.807) is 0 Å². The number of rotatable bonds is 13. The summed E-state index contributed by atoms with van der Waals surface area (Å²) in [5, 5.41) is 2.25. The molecule has 0 radical (unpaired) electrons. The van der Waals surface area contributed by atoms with Crippen molar-refractivity contribution in [2.24, 2.45) is 0 Å². The number of nitrogens with one attached hydrogen (secondary N) is 1. The van der Waals surface area contributed by atoms with Gasteiger partial charge in [0.15, 0.2) is 0 Å². The van der Waals surface area contributed by atoms with Crippen LogP contribution in [0.15, 0.2) is 249 Å². The lowest BCUT2D eigenvalue weighted by Crippen LogP contribution is -2.25. The summed E-state index contributed by atoms with van der Waals surface area (Å²) >= 11 is 0. The van der Waals surface area contributed by atoms with E-state index in [0.29, 0.717) is 0 Å². The van der Waals surface area contributed by atoms with Crippen molar-refractivity contribution in [3.8, 4) is 33.4 Å². The zero-order chi connectivity index (χ0) is 46.4. The third kappa shape index (κ3) is 9.26. The Kier molecular flexibility index (Phi) is 12.4. The summed E-state index contributed by atoms with van der Waals surface area (Å²) in [5.74, 6) is 0. The average molecular weight is 879 g/mol. The van der Waals surface area contributed by atoms with E-state index in [9.17, 15) is 0 Å². The molecule has 68 heavy (non-hydrogen) atoms. The van der Waals surface area contributed by atoms with Crippen molar-refractivity contribution in [3.05, 3.63) is 271 Å². The molecule has 0 aliphatic carbocycles. The third-order valence-corrected chi connectivity index (χ3v) is 12.4. The van der Waals surface area contributed by atoms with E-state index in [1.807, 2.05) is 0 Å². The van der Waals surface area contributed by atoms with Gasteiger partial charge in [-0.2, -0.15) is 0 Å². The molecule has 330 valence electrons. The van der Waals surface area contributed by atoms with E-state index in [1.165, 1.54) is 27.8 Å². The van der Waals surface area contributed by atoms with Crippen molar-refractivity contribution in [1.29, 1.82) is 0 Å². The topological polar surface area (TPSA) is 21.8 Å². The van der Waals surface area contributed by atoms with Gasteiger partial charge in [0.2, 0.25) is 0 Å². The smallest absolute Gasteiger partial charge is 0.0715 e. The fourth-order valence-electron chi connectivity index (χ4n) is 9.23. The molecule has 0 unspecified atom stereocenters. The standard InChI is InChI=1S/C64H54N4/c1-46-18-14-28-57(42-46)66(58-29-15-19-47(2)43-58)54-34-32-53(33-35-54)65-68(56-38-36-55(37-39-56)67(59-30-16-20-48(3)44-59)60-31-17-21-49(4)45-60)62-41-40-61(50-22-8-5-9-23-50)63(51-24-10-6-11-25-51)64(62)52-26-12-7-13-27-52/h5-45,65H,1-4H3. The number of hydrazine groups is 1. The van der Waals surface area contributed by atoms with Crippen LogP contribution < -0.4 is 20.2 Å². The molecule has 1 N–H and O–H groups in total. The van der Waals surface area contributed by atoms with E-state index >= 15 is 0 Å². The van der Waals surface area contributed by atoms with E-state index in [-0.39, 0.29) is 0 Å². The molecule has 0 saturated carbocycles. The highest BCUT2D eigenvalue weighted by Gasteiger charge is 2.24. The quantitative estimate of drug-likeness (QED) is 0.117. The monoisotopic (exact) mass is 878 g/mol. The summed E-state index contributed by atoms with van der Waals surface area (Å²) < 4.78 is 0. The summed E-state index contributed by atoms with van der Waals surface area (Å²) in [7, 11) is 0. The van der Waals surface area contributed by atoms with Gasteiger partial charge in [0.1, 0.15) is 0 Å². The summed E-state index contributed by atoms with van der Waals surface area (Å²) in [6, 6.07) is 89.5. The Morgan fingerprint density at radius 2 is 0.647 bits per heavy atom. The van der Waals surface area contributed by atoms with Crippen molar-refractivity contribution in [2.75, 3.05) is 20.2 Å². The van der Waals surface area contributed by atoms with E-state index < -0.39 is 0 Å². The Bertz CT molecular complexity index is 3200. The molecule has 0 saturated heterocycles. The highest BCUT2D eigenvalue weighted by atomic mass is 15.5. The minimum absolute atomic E-state index is 0.944. The zero-order valence-corrected chi connectivity index (χ0v) is 39.0. The summed E-state index contributed by atoms with van der Waals surface area (Å²) in [6.07, 6.45) is 0. The molecule has 10 aromatic rings. The number of hydrogen-bond donors (Lipinski definition) is 1. The second-order valence-corrected chi connectivity index (χ2v) is 17.5. The van der Waals surface area contributed by atoms with Crippen molar-refractivity contribution in [3.63, 3.8) is 0 Å². The Hall–Kier alpha value is -8.60. The molecule has 0 bridgehead atoms. The molecule has 0 aliphatic rings. The largest absolute Gasteiger partial charge is 0.310 e. The van der Waals surface area contributed by atoms with Crippen LogP contribution in [-0.4, -0.2) is 0 Å².